The molecule has 5 nitrogen and oxygen atoms in total. The van der Waals surface area contributed by atoms with E-state index in [4.69, 9.17) is 0 Å². The highest BCUT2D eigenvalue weighted by atomic mass is 19.1. The van der Waals surface area contributed by atoms with Crippen molar-refractivity contribution >= 4 is 11.4 Å². The molecule has 1 aliphatic rings. The van der Waals surface area contributed by atoms with Crippen LogP contribution in [0.3, 0.4) is 0 Å². The lowest BCUT2D eigenvalue weighted by atomic mass is 10.0. The number of nitrogens with zero attached hydrogens (tertiary/aromatic N) is 3. The van der Waals surface area contributed by atoms with E-state index in [1.807, 2.05) is 4.90 Å². The van der Waals surface area contributed by atoms with Gasteiger partial charge in [-0.05, 0) is 33.8 Å². The molecule has 1 aromatic rings. The highest BCUT2D eigenvalue weighted by molar-refractivity contribution is 5.53. The summed E-state index contributed by atoms with van der Waals surface area (Å²) in [5.41, 5.74) is 0.327. The molecule has 21 heavy (non-hydrogen) atoms. The number of piperazine rings is 1. The number of hydrogen-bond donors (Lipinski definition) is 0. The van der Waals surface area contributed by atoms with Gasteiger partial charge in [0.2, 0.25) is 0 Å². The monoisotopic (exact) mass is 295 g/mol. The molecule has 0 amide bonds. The minimum Gasteiger partial charge on any atom is -0.364 e. The molecule has 0 radical (unpaired) electrons. The Morgan fingerprint density at radius 2 is 2.00 bits per heavy atom. The second kappa shape index (κ2) is 5.60. The summed E-state index contributed by atoms with van der Waals surface area (Å²) >= 11 is 0. The topological polar surface area (TPSA) is 49.6 Å². The van der Waals surface area contributed by atoms with Crippen LogP contribution in [0.4, 0.5) is 15.8 Å². The summed E-state index contributed by atoms with van der Waals surface area (Å²) in [5, 5.41) is 10.7. The molecule has 0 N–H and O–H groups in total. The largest absolute Gasteiger partial charge is 0.364 e. The number of benzene rings is 1. The van der Waals surface area contributed by atoms with Gasteiger partial charge in [0.25, 0.3) is 5.69 Å². The van der Waals surface area contributed by atoms with Crippen molar-refractivity contribution in [3.05, 3.63) is 34.1 Å². The van der Waals surface area contributed by atoms with Gasteiger partial charge in [-0.25, -0.2) is 4.39 Å². The highest BCUT2D eigenvalue weighted by Crippen LogP contribution is 2.28. The molecule has 0 saturated carbocycles. The molecule has 2 rings (SSSR count). The summed E-state index contributed by atoms with van der Waals surface area (Å²) in [4.78, 5) is 14.5. The van der Waals surface area contributed by atoms with E-state index < -0.39 is 10.7 Å². The van der Waals surface area contributed by atoms with Crippen molar-refractivity contribution in [2.24, 2.45) is 0 Å². The molecule has 0 spiro atoms. The second-order valence-corrected chi connectivity index (χ2v) is 6.55. The van der Waals surface area contributed by atoms with Gasteiger partial charge < -0.3 is 4.90 Å². The van der Waals surface area contributed by atoms with E-state index in [1.54, 1.807) is 0 Å². The van der Waals surface area contributed by atoms with E-state index in [0.29, 0.717) is 12.2 Å². The summed E-state index contributed by atoms with van der Waals surface area (Å²) in [5.74, 6) is -0.528. The van der Waals surface area contributed by atoms with Crippen molar-refractivity contribution < 1.29 is 9.31 Å². The first-order chi connectivity index (χ1) is 9.70. The van der Waals surface area contributed by atoms with Crippen LogP contribution in [-0.4, -0.2) is 41.0 Å². The van der Waals surface area contributed by atoms with Crippen LogP contribution in [-0.2, 0) is 0 Å². The smallest absolute Gasteiger partial charge is 0.272 e. The molecule has 1 unspecified atom stereocenters. The molecule has 1 heterocycles. The molecule has 6 heteroatoms. The number of rotatable bonds is 2. The maximum absolute atomic E-state index is 14.1. The van der Waals surface area contributed by atoms with E-state index in [9.17, 15) is 14.5 Å². The standard InChI is InChI=1S/C15H22FN3O2/c1-11-10-17(15(2,3)4)7-8-18(11)14-6-5-12(19(20)21)9-13(14)16/h5-6,9,11H,7-8,10H2,1-4H3. The average molecular weight is 295 g/mol. The van der Waals surface area contributed by atoms with Crippen LogP contribution in [0.15, 0.2) is 18.2 Å². The number of nitro groups is 1. The van der Waals surface area contributed by atoms with Crippen molar-refractivity contribution in [1.29, 1.82) is 0 Å². The summed E-state index contributed by atoms with van der Waals surface area (Å²) in [7, 11) is 0. The van der Waals surface area contributed by atoms with E-state index in [1.165, 1.54) is 12.1 Å². The maximum atomic E-state index is 14.1. The summed E-state index contributed by atoms with van der Waals surface area (Å²) < 4.78 is 14.1. The Kier molecular flexibility index (Phi) is 4.18. The van der Waals surface area contributed by atoms with Crippen LogP contribution in [0, 0.1) is 15.9 Å². The summed E-state index contributed by atoms with van der Waals surface area (Å²) in [6.07, 6.45) is 0. The zero-order valence-corrected chi connectivity index (χ0v) is 13.0. The Hall–Kier alpha value is -1.69. The van der Waals surface area contributed by atoms with E-state index in [2.05, 4.69) is 32.6 Å². The van der Waals surface area contributed by atoms with Crippen molar-refractivity contribution in [2.75, 3.05) is 24.5 Å². The van der Waals surface area contributed by atoms with E-state index in [0.717, 1.165) is 19.2 Å². The fraction of sp³-hybridized carbons (Fsp3) is 0.600. The van der Waals surface area contributed by atoms with E-state index in [-0.39, 0.29) is 17.3 Å². The van der Waals surface area contributed by atoms with Gasteiger partial charge in [0, 0.05) is 37.3 Å². The number of halogens is 1. The molecule has 0 bridgehead atoms. The Morgan fingerprint density at radius 3 is 2.48 bits per heavy atom. The predicted molar refractivity (Wildman–Crippen MR) is 81.2 cm³/mol. The second-order valence-electron chi connectivity index (χ2n) is 6.55. The fourth-order valence-corrected chi connectivity index (χ4v) is 2.77. The molecule has 1 atom stereocenters. The van der Waals surface area contributed by atoms with Crippen molar-refractivity contribution in [1.82, 2.24) is 4.90 Å². The molecule has 0 aromatic heterocycles. The van der Waals surface area contributed by atoms with Gasteiger partial charge >= 0.3 is 0 Å². The third kappa shape index (κ3) is 3.32. The van der Waals surface area contributed by atoms with Gasteiger partial charge in [-0.1, -0.05) is 0 Å². The third-order valence-corrected chi connectivity index (χ3v) is 4.03. The number of anilines is 1. The Labute approximate surface area is 124 Å². The Morgan fingerprint density at radius 1 is 1.33 bits per heavy atom. The van der Waals surface area contributed by atoms with Crippen LogP contribution in [0.5, 0.6) is 0 Å². The van der Waals surface area contributed by atoms with Gasteiger partial charge in [0.15, 0.2) is 5.82 Å². The molecule has 1 fully saturated rings. The van der Waals surface area contributed by atoms with Crippen molar-refractivity contribution in [2.45, 2.75) is 39.3 Å². The fourth-order valence-electron chi connectivity index (χ4n) is 2.77. The van der Waals surface area contributed by atoms with Crippen LogP contribution in [0.25, 0.3) is 0 Å². The first-order valence-electron chi connectivity index (χ1n) is 7.16. The van der Waals surface area contributed by atoms with Crippen LogP contribution in [0.1, 0.15) is 27.7 Å². The average Bonchev–Trinajstić information content (AvgIpc) is 2.38. The highest BCUT2D eigenvalue weighted by Gasteiger charge is 2.31. The van der Waals surface area contributed by atoms with E-state index >= 15 is 0 Å². The maximum Gasteiger partial charge on any atom is 0.272 e. The molecule has 1 aromatic carbocycles. The lowest BCUT2D eigenvalue weighted by molar-refractivity contribution is -0.385. The lowest BCUT2D eigenvalue weighted by Gasteiger charge is -2.46. The number of nitro benzene ring substituents is 1. The zero-order chi connectivity index (χ0) is 15.8. The van der Waals surface area contributed by atoms with Gasteiger partial charge in [-0.15, -0.1) is 0 Å². The number of hydrogen-bond acceptors (Lipinski definition) is 4. The lowest BCUT2D eigenvalue weighted by Crippen LogP contribution is -2.57. The first-order valence-corrected chi connectivity index (χ1v) is 7.16. The van der Waals surface area contributed by atoms with Crippen molar-refractivity contribution in [3.8, 4) is 0 Å². The molecule has 0 aliphatic carbocycles. The summed E-state index contributed by atoms with van der Waals surface area (Å²) in [6, 6.07) is 4.03. The van der Waals surface area contributed by atoms with Gasteiger partial charge in [-0.3, -0.25) is 15.0 Å². The molecule has 1 aliphatic heterocycles. The van der Waals surface area contributed by atoms with Crippen LogP contribution >= 0.6 is 0 Å². The van der Waals surface area contributed by atoms with Crippen molar-refractivity contribution in [3.63, 3.8) is 0 Å². The Balaban J connectivity index is 2.19. The molecular formula is C15H22FN3O2. The normalized spacial score (nSPS) is 20.6. The van der Waals surface area contributed by atoms with Gasteiger partial charge in [0.1, 0.15) is 0 Å². The minimum absolute atomic E-state index is 0.0916. The summed E-state index contributed by atoms with van der Waals surface area (Å²) in [6.45, 7) is 11.0. The van der Waals surface area contributed by atoms with Gasteiger partial charge in [-0.2, -0.15) is 0 Å². The number of non-ortho nitro benzene ring substituents is 1. The first kappa shape index (κ1) is 15.7. The minimum atomic E-state index is -0.576. The quantitative estimate of drug-likeness (QED) is 0.621. The third-order valence-electron chi connectivity index (χ3n) is 4.03. The van der Waals surface area contributed by atoms with Crippen LogP contribution in [0.2, 0.25) is 0 Å². The SMILES string of the molecule is CC1CN(C(C)(C)C)CCN1c1ccc([N+](=O)[O-])cc1F. The van der Waals surface area contributed by atoms with Gasteiger partial charge in [0.05, 0.1) is 16.7 Å². The predicted octanol–water partition coefficient (Wildman–Crippen LogP) is 3.04. The Bertz CT molecular complexity index is 542. The molecule has 116 valence electrons. The zero-order valence-electron chi connectivity index (χ0n) is 13.0. The molecule has 1 saturated heterocycles. The van der Waals surface area contributed by atoms with Crippen LogP contribution < -0.4 is 4.90 Å². The molecular weight excluding hydrogens is 273 g/mol.